The minimum Gasteiger partial charge on any atom is -0.338 e. The number of benzene rings is 4. The molecule has 29 heavy (non-hydrogen) atoms. The number of carbonyl (C=O) groups excluding carboxylic acids is 1. The lowest BCUT2D eigenvalue weighted by molar-refractivity contribution is 0.0942. The van der Waals surface area contributed by atoms with Gasteiger partial charge in [0.15, 0.2) is 0 Å². The lowest BCUT2D eigenvalue weighted by atomic mass is 9.92. The van der Waals surface area contributed by atoms with Crippen molar-refractivity contribution < 1.29 is 18.4 Å². The lowest BCUT2D eigenvalue weighted by Gasteiger charge is -2.24. The van der Waals surface area contributed by atoms with Crippen LogP contribution in [0.1, 0.15) is 31.1 Å². The summed E-state index contributed by atoms with van der Waals surface area (Å²) < 4.78 is 23.7. The fourth-order valence-electron chi connectivity index (χ4n) is 3.90. The summed E-state index contributed by atoms with van der Waals surface area (Å²) in [5.74, 6) is -1.05. The zero-order chi connectivity index (χ0) is 20.6. The lowest BCUT2D eigenvalue weighted by Crippen LogP contribution is -2.33. The summed E-state index contributed by atoms with van der Waals surface area (Å²) in [5.41, 5.74) is 0.544. The first-order chi connectivity index (χ1) is 14.0. The minimum absolute atomic E-state index is 0.246. The molecule has 4 aromatic carbocycles. The molecule has 0 fully saturated rings. The molecule has 0 aliphatic rings. The standard InChI is InChI=1S/C23H24NO4P/c1-4-27-29(26,28-5-2)15(3)24-23(25)20-14-12-18-10-9-16-7-6-8-17-11-13-19(20)22(18)21(16)17/h6-15H,4-5H2,1-3H3,(H,24,25)/t15-/m0/s1. The number of rotatable bonds is 7. The quantitative estimate of drug-likeness (QED) is 0.304. The van der Waals surface area contributed by atoms with Gasteiger partial charge in [-0.05, 0) is 59.2 Å². The summed E-state index contributed by atoms with van der Waals surface area (Å²) in [4.78, 5) is 13.1. The number of hydrogen-bond acceptors (Lipinski definition) is 4. The molecule has 0 bridgehead atoms. The molecule has 4 rings (SSSR count). The molecule has 0 heterocycles. The van der Waals surface area contributed by atoms with Crippen molar-refractivity contribution in [3.63, 3.8) is 0 Å². The molecule has 0 saturated carbocycles. The minimum atomic E-state index is -3.43. The number of carbonyl (C=O) groups is 1. The van der Waals surface area contributed by atoms with Crippen molar-refractivity contribution in [2.24, 2.45) is 0 Å². The highest BCUT2D eigenvalue weighted by Crippen LogP contribution is 2.51. The smallest absolute Gasteiger partial charge is 0.338 e. The first-order valence-corrected chi connectivity index (χ1v) is 11.5. The Bertz CT molecular complexity index is 1210. The van der Waals surface area contributed by atoms with E-state index in [2.05, 4.69) is 29.6 Å². The molecular formula is C23H24NO4P. The van der Waals surface area contributed by atoms with Crippen LogP contribution in [0.3, 0.4) is 0 Å². The highest BCUT2D eigenvalue weighted by Gasteiger charge is 2.33. The van der Waals surface area contributed by atoms with E-state index in [1.165, 1.54) is 0 Å². The molecule has 6 heteroatoms. The van der Waals surface area contributed by atoms with Crippen LogP contribution in [-0.2, 0) is 13.6 Å². The van der Waals surface area contributed by atoms with Crippen LogP contribution < -0.4 is 5.32 Å². The van der Waals surface area contributed by atoms with Gasteiger partial charge in [-0.3, -0.25) is 9.36 Å². The second kappa shape index (κ2) is 7.75. The van der Waals surface area contributed by atoms with E-state index in [1.54, 1.807) is 20.8 Å². The number of nitrogens with one attached hydrogen (secondary N) is 1. The molecule has 1 N–H and O–H groups in total. The van der Waals surface area contributed by atoms with Crippen LogP contribution in [-0.4, -0.2) is 24.9 Å². The van der Waals surface area contributed by atoms with Crippen LogP contribution in [0.5, 0.6) is 0 Å². The Morgan fingerprint density at radius 3 is 2.07 bits per heavy atom. The monoisotopic (exact) mass is 409 g/mol. The summed E-state index contributed by atoms with van der Waals surface area (Å²) >= 11 is 0. The van der Waals surface area contributed by atoms with Crippen molar-refractivity contribution in [2.75, 3.05) is 13.2 Å². The van der Waals surface area contributed by atoms with Gasteiger partial charge in [0.2, 0.25) is 0 Å². The average Bonchev–Trinajstić information content (AvgIpc) is 2.72. The van der Waals surface area contributed by atoms with E-state index in [9.17, 15) is 9.36 Å². The maximum absolute atomic E-state index is 13.1. The normalized spacial score (nSPS) is 13.3. The third-order valence-electron chi connectivity index (χ3n) is 5.21. The van der Waals surface area contributed by atoms with Gasteiger partial charge in [0.25, 0.3) is 5.91 Å². The molecule has 4 aromatic rings. The van der Waals surface area contributed by atoms with Crippen LogP contribution >= 0.6 is 7.60 Å². The van der Waals surface area contributed by atoms with E-state index in [4.69, 9.17) is 9.05 Å². The van der Waals surface area contributed by atoms with E-state index >= 15 is 0 Å². The topological polar surface area (TPSA) is 64.6 Å². The fraction of sp³-hybridized carbons (Fsp3) is 0.261. The molecule has 0 aliphatic carbocycles. The Hall–Kier alpha value is -2.46. The van der Waals surface area contributed by atoms with Crippen LogP contribution in [0, 0.1) is 0 Å². The van der Waals surface area contributed by atoms with E-state index < -0.39 is 13.4 Å². The van der Waals surface area contributed by atoms with Crippen molar-refractivity contribution in [3.05, 3.63) is 60.2 Å². The van der Waals surface area contributed by atoms with Gasteiger partial charge < -0.3 is 14.4 Å². The Kier molecular flexibility index (Phi) is 5.30. The molecule has 0 spiro atoms. The second-order valence-corrected chi connectivity index (χ2v) is 9.36. The highest BCUT2D eigenvalue weighted by atomic mass is 31.2. The Labute approximate surface area is 169 Å². The summed E-state index contributed by atoms with van der Waals surface area (Å²) in [6, 6.07) is 18.2. The van der Waals surface area contributed by atoms with Crippen molar-refractivity contribution in [2.45, 2.75) is 26.6 Å². The molecular weight excluding hydrogens is 385 g/mol. The van der Waals surface area contributed by atoms with Crippen molar-refractivity contribution in [1.82, 2.24) is 5.32 Å². The Morgan fingerprint density at radius 2 is 1.45 bits per heavy atom. The summed E-state index contributed by atoms with van der Waals surface area (Å²) in [7, 11) is -3.43. The van der Waals surface area contributed by atoms with Gasteiger partial charge in [0.05, 0.1) is 13.2 Å². The summed E-state index contributed by atoms with van der Waals surface area (Å²) in [5, 5.41) is 9.29. The molecule has 0 aliphatic heterocycles. The van der Waals surface area contributed by atoms with E-state index in [0.717, 1.165) is 32.3 Å². The van der Waals surface area contributed by atoms with Gasteiger partial charge in [0.1, 0.15) is 5.78 Å². The van der Waals surface area contributed by atoms with Gasteiger partial charge in [0, 0.05) is 5.56 Å². The third kappa shape index (κ3) is 3.40. The van der Waals surface area contributed by atoms with Gasteiger partial charge >= 0.3 is 7.60 Å². The van der Waals surface area contributed by atoms with Gasteiger partial charge in [-0.2, -0.15) is 0 Å². The predicted molar refractivity (Wildman–Crippen MR) is 118 cm³/mol. The van der Waals surface area contributed by atoms with Crippen LogP contribution in [0.2, 0.25) is 0 Å². The maximum atomic E-state index is 13.1. The van der Waals surface area contributed by atoms with E-state index in [0.29, 0.717) is 5.56 Å². The maximum Gasteiger partial charge on any atom is 0.352 e. The Balaban J connectivity index is 1.77. The largest absolute Gasteiger partial charge is 0.352 e. The van der Waals surface area contributed by atoms with Crippen molar-refractivity contribution in [3.8, 4) is 0 Å². The second-order valence-electron chi connectivity index (χ2n) is 6.99. The number of amides is 1. The first kappa shape index (κ1) is 19.8. The molecule has 0 aromatic heterocycles. The van der Waals surface area contributed by atoms with Crippen molar-refractivity contribution in [1.29, 1.82) is 0 Å². The molecule has 0 unspecified atom stereocenters. The van der Waals surface area contributed by atoms with Gasteiger partial charge in [-0.25, -0.2) is 0 Å². The van der Waals surface area contributed by atoms with Crippen molar-refractivity contribution >= 4 is 45.8 Å². The summed E-state index contributed by atoms with van der Waals surface area (Å²) in [6.07, 6.45) is 0. The molecule has 0 radical (unpaired) electrons. The highest BCUT2D eigenvalue weighted by molar-refractivity contribution is 7.54. The fourth-order valence-corrected chi connectivity index (χ4v) is 5.42. The van der Waals surface area contributed by atoms with Crippen LogP contribution in [0.4, 0.5) is 0 Å². The SMILES string of the molecule is CCOP(=O)(OCC)[C@@H](C)NC(=O)c1ccc2ccc3cccc4ccc1c2c34. The van der Waals surface area contributed by atoms with Crippen LogP contribution in [0.15, 0.2) is 54.6 Å². The zero-order valence-corrected chi connectivity index (χ0v) is 17.7. The van der Waals surface area contributed by atoms with Gasteiger partial charge in [-0.1, -0.05) is 48.5 Å². The summed E-state index contributed by atoms with van der Waals surface area (Å²) in [6.45, 7) is 5.65. The molecule has 1 amide bonds. The van der Waals surface area contributed by atoms with E-state index in [-0.39, 0.29) is 19.1 Å². The van der Waals surface area contributed by atoms with Gasteiger partial charge in [-0.15, -0.1) is 0 Å². The van der Waals surface area contributed by atoms with Crippen LogP contribution in [0.25, 0.3) is 32.3 Å². The third-order valence-corrected chi connectivity index (χ3v) is 7.52. The average molecular weight is 409 g/mol. The predicted octanol–water partition coefficient (Wildman–Crippen LogP) is 5.93. The Morgan fingerprint density at radius 1 is 0.897 bits per heavy atom. The number of hydrogen-bond donors (Lipinski definition) is 1. The molecule has 150 valence electrons. The zero-order valence-electron chi connectivity index (χ0n) is 16.8. The first-order valence-electron chi connectivity index (χ1n) is 9.84. The molecule has 0 saturated heterocycles. The van der Waals surface area contributed by atoms with E-state index in [1.807, 2.05) is 30.3 Å². The molecule has 5 nitrogen and oxygen atoms in total. The molecule has 1 atom stereocenters.